The number of nitrogens with two attached hydrogens (primary N) is 1. The zero-order valence-corrected chi connectivity index (χ0v) is 10.2. The second-order valence-corrected chi connectivity index (χ2v) is 4.41. The first-order chi connectivity index (χ1) is 8.16. The number of hydrogen-bond donors (Lipinski definition) is 2. The Hall–Kier alpha value is -1.86. The van der Waals surface area contributed by atoms with Crippen molar-refractivity contribution in [1.29, 1.82) is 0 Å². The van der Waals surface area contributed by atoms with E-state index in [0.29, 0.717) is 15.7 Å². The molecule has 0 unspecified atom stereocenters. The SMILES string of the molecule is NC(=S)c1ccc(C(=O)Nc2nncs2)cc1. The zero-order chi connectivity index (χ0) is 12.3. The number of carbonyl (C=O) groups excluding carboxylic acids is 1. The monoisotopic (exact) mass is 264 g/mol. The Labute approximate surface area is 107 Å². The van der Waals surface area contributed by atoms with E-state index < -0.39 is 0 Å². The van der Waals surface area contributed by atoms with Gasteiger partial charge in [-0.25, -0.2) is 0 Å². The summed E-state index contributed by atoms with van der Waals surface area (Å²) in [7, 11) is 0. The normalized spacial score (nSPS) is 9.88. The third-order valence-corrected chi connectivity index (χ3v) is 2.85. The Morgan fingerprint density at radius 3 is 2.47 bits per heavy atom. The number of thiocarbonyl (C=S) groups is 1. The van der Waals surface area contributed by atoms with Gasteiger partial charge in [0.05, 0.1) is 0 Å². The maximum atomic E-state index is 11.8. The van der Waals surface area contributed by atoms with Gasteiger partial charge in [0.1, 0.15) is 10.5 Å². The molecule has 1 aromatic heterocycles. The van der Waals surface area contributed by atoms with Gasteiger partial charge in [-0.3, -0.25) is 10.1 Å². The summed E-state index contributed by atoms with van der Waals surface area (Å²) >= 11 is 6.08. The number of carbonyl (C=O) groups is 1. The Morgan fingerprint density at radius 1 is 1.29 bits per heavy atom. The van der Waals surface area contributed by atoms with Crippen LogP contribution in [0.3, 0.4) is 0 Å². The van der Waals surface area contributed by atoms with Crippen molar-refractivity contribution < 1.29 is 4.79 Å². The quantitative estimate of drug-likeness (QED) is 0.820. The van der Waals surface area contributed by atoms with E-state index in [9.17, 15) is 4.79 Å². The predicted octanol–water partition coefficient (Wildman–Crippen LogP) is 1.42. The molecule has 0 saturated heterocycles. The minimum Gasteiger partial charge on any atom is -0.389 e. The van der Waals surface area contributed by atoms with Crippen molar-refractivity contribution in [2.75, 3.05) is 5.32 Å². The smallest absolute Gasteiger partial charge is 0.257 e. The van der Waals surface area contributed by atoms with Crippen molar-refractivity contribution in [2.45, 2.75) is 0 Å². The molecule has 3 N–H and O–H groups in total. The standard InChI is InChI=1S/C10H8N4OS2/c11-8(16)6-1-3-7(4-2-6)9(15)13-10-14-12-5-17-10/h1-5H,(H2,11,16)(H,13,14,15). The van der Waals surface area contributed by atoms with E-state index in [1.54, 1.807) is 29.8 Å². The van der Waals surface area contributed by atoms with Crippen LogP contribution in [0.25, 0.3) is 0 Å². The Morgan fingerprint density at radius 2 is 1.94 bits per heavy atom. The second kappa shape index (κ2) is 4.98. The van der Waals surface area contributed by atoms with Crippen LogP contribution in [0.1, 0.15) is 15.9 Å². The minimum atomic E-state index is -0.240. The highest BCUT2D eigenvalue weighted by Crippen LogP contribution is 2.11. The maximum Gasteiger partial charge on any atom is 0.257 e. The Kier molecular flexibility index (Phi) is 3.40. The summed E-state index contributed by atoms with van der Waals surface area (Å²) in [6.45, 7) is 0. The molecule has 7 heteroatoms. The molecule has 2 rings (SSSR count). The predicted molar refractivity (Wildman–Crippen MR) is 70.2 cm³/mol. The number of amides is 1. The van der Waals surface area contributed by atoms with Gasteiger partial charge in [-0.2, -0.15) is 0 Å². The summed E-state index contributed by atoms with van der Waals surface area (Å²) in [6.07, 6.45) is 0. The van der Waals surface area contributed by atoms with E-state index in [-0.39, 0.29) is 5.91 Å². The second-order valence-electron chi connectivity index (χ2n) is 3.14. The summed E-state index contributed by atoms with van der Waals surface area (Å²) in [4.78, 5) is 12.1. The summed E-state index contributed by atoms with van der Waals surface area (Å²) < 4.78 is 0. The molecular formula is C10H8N4OS2. The highest BCUT2D eigenvalue weighted by molar-refractivity contribution is 7.80. The van der Waals surface area contributed by atoms with Crippen LogP contribution >= 0.6 is 23.6 Å². The topological polar surface area (TPSA) is 80.9 Å². The van der Waals surface area contributed by atoms with Gasteiger partial charge >= 0.3 is 0 Å². The number of nitrogens with zero attached hydrogens (tertiary/aromatic N) is 2. The van der Waals surface area contributed by atoms with Gasteiger partial charge in [-0.1, -0.05) is 35.7 Å². The lowest BCUT2D eigenvalue weighted by atomic mass is 10.1. The molecule has 0 aliphatic heterocycles. The molecule has 0 spiro atoms. The molecule has 0 saturated carbocycles. The van der Waals surface area contributed by atoms with Gasteiger partial charge in [0, 0.05) is 11.1 Å². The average molecular weight is 264 g/mol. The van der Waals surface area contributed by atoms with E-state index >= 15 is 0 Å². The first kappa shape index (κ1) is 11.6. The fourth-order valence-corrected chi connectivity index (χ4v) is 1.76. The largest absolute Gasteiger partial charge is 0.389 e. The van der Waals surface area contributed by atoms with Crippen LogP contribution in [-0.2, 0) is 0 Å². The van der Waals surface area contributed by atoms with Gasteiger partial charge in [-0.05, 0) is 12.1 Å². The van der Waals surface area contributed by atoms with Gasteiger partial charge in [0.15, 0.2) is 0 Å². The Bertz CT molecular complexity index is 536. The fourth-order valence-electron chi connectivity index (χ4n) is 1.18. The number of anilines is 1. The van der Waals surface area contributed by atoms with Gasteiger partial charge < -0.3 is 5.73 Å². The van der Waals surface area contributed by atoms with Crippen molar-refractivity contribution in [1.82, 2.24) is 10.2 Å². The van der Waals surface area contributed by atoms with Crippen LogP contribution in [0.2, 0.25) is 0 Å². The molecule has 1 heterocycles. The van der Waals surface area contributed by atoms with Crippen LogP contribution < -0.4 is 11.1 Å². The highest BCUT2D eigenvalue weighted by Gasteiger charge is 2.07. The number of nitrogens with one attached hydrogen (secondary N) is 1. The molecule has 0 aliphatic rings. The number of rotatable bonds is 3. The van der Waals surface area contributed by atoms with Crippen molar-refractivity contribution in [3.63, 3.8) is 0 Å². The highest BCUT2D eigenvalue weighted by atomic mass is 32.1. The van der Waals surface area contributed by atoms with Gasteiger partial charge in [0.2, 0.25) is 5.13 Å². The first-order valence-corrected chi connectivity index (χ1v) is 5.93. The number of aromatic nitrogens is 2. The summed E-state index contributed by atoms with van der Waals surface area (Å²) in [5.41, 5.74) is 8.25. The van der Waals surface area contributed by atoms with E-state index in [4.69, 9.17) is 18.0 Å². The van der Waals surface area contributed by atoms with Crippen molar-refractivity contribution >= 4 is 39.6 Å². The molecule has 17 heavy (non-hydrogen) atoms. The number of benzene rings is 1. The molecule has 0 aliphatic carbocycles. The minimum absolute atomic E-state index is 0.240. The van der Waals surface area contributed by atoms with Crippen LogP contribution in [0.15, 0.2) is 29.8 Å². The molecule has 86 valence electrons. The number of hydrogen-bond acceptors (Lipinski definition) is 5. The summed E-state index contributed by atoms with van der Waals surface area (Å²) in [6, 6.07) is 6.73. The molecule has 1 amide bonds. The van der Waals surface area contributed by atoms with Crippen LogP contribution in [-0.4, -0.2) is 21.1 Å². The molecular weight excluding hydrogens is 256 g/mol. The molecule has 0 bridgehead atoms. The molecule has 0 fully saturated rings. The lowest BCUT2D eigenvalue weighted by Crippen LogP contribution is -2.13. The third kappa shape index (κ3) is 2.83. The zero-order valence-electron chi connectivity index (χ0n) is 8.58. The van der Waals surface area contributed by atoms with E-state index in [1.165, 1.54) is 11.3 Å². The lowest BCUT2D eigenvalue weighted by molar-refractivity contribution is 0.102. The molecule has 0 radical (unpaired) electrons. The van der Waals surface area contributed by atoms with Crippen molar-refractivity contribution in [3.8, 4) is 0 Å². The molecule has 5 nitrogen and oxygen atoms in total. The van der Waals surface area contributed by atoms with Crippen molar-refractivity contribution in [3.05, 3.63) is 40.9 Å². The molecule has 0 atom stereocenters. The molecule has 1 aromatic carbocycles. The average Bonchev–Trinajstić information content (AvgIpc) is 2.82. The summed E-state index contributed by atoms with van der Waals surface area (Å²) in [5.74, 6) is -0.240. The first-order valence-electron chi connectivity index (χ1n) is 4.64. The van der Waals surface area contributed by atoms with E-state index in [1.807, 2.05) is 0 Å². The van der Waals surface area contributed by atoms with Crippen LogP contribution in [0.5, 0.6) is 0 Å². The van der Waals surface area contributed by atoms with E-state index in [0.717, 1.165) is 5.56 Å². The van der Waals surface area contributed by atoms with Crippen molar-refractivity contribution in [2.24, 2.45) is 5.73 Å². The molecule has 2 aromatic rings. The van der Waals surface area contributed by atoms with Crippen LogP contribution in [0.4, 0.5) is 5.13 Å². The maximum absolute atomic E-state index is 11.8. The lowest BCUT2D eigenvalue weighted by Gasteiger charge is -2.02. The van der Waals surface area contributed by atoms with Crippen LogP contribution in [0, 0.1) is 0 Å². The summed E-state index contributed by atoms with van der Waals surface area (Å²) in [5, 5.41) is 10.4. The van der Waals surface area contributed by atoms with E-state index in [2.05, 4.69) is 15.5 Å². The van der Waals surface area contributed by atoms with Gasteiger partial charge in [0.25, 0.3) is 5.91 Å². The third-order valence-electron chi connectivity index (χ3n) is 2.01. The van der Waals surface area contributed by atoms with Gasteiger partial charge in [-0.15, -0.1) is 10.2 Å². The Balaban J connectivity index is 2.12. The fraction of sp³-hybridized carbons (Fsp3) is 0.